The zero-order valence-electron chi connectivity index (χ0n) is 12.6. The highest BCUT2D eigenvalue weighted by Crippen LogP contribution is 2.34. The predicted molar refractivity (Wildman–Crippen MR) is 88.5 cm³/mol. The number of hydrogen-bond donors (Lipinski definition) is 5. The van der Waals surface area contributed by atoms with E-state index in [4.69, 9.17) is 10.1 Å². The number of carbonyl (C=O) groups is 1. The predicted octanol–water partition coefficient (Wildman–Crippen LogP) is 1.85. The van der Waals surface area contributed by atoms with Gasteiger partial charge < -0.3 is 26.4 Å². The summed E-state index contributed by atoms with van der Waals surface area (Å²) in [6.07, 6.45) is 1.99. The minimum Gasteiger partial charge on any atom is -0.495 e. The monoisotopic (exact) mass is 293 g/mol. The minimum absolute atomic E-state index is 0.249. The lowest BCUT2D eigenvalue weighted by Gasteiger charge is -2.16. The van der Waals surface area contributed by atoms with Gasteiger partial charge >= 0.3 is 0 Å². The molecule has 0 bridgehead atoms. The van der Waals surface area contributed by atoms with Crippen LogP contribution in [0.25, 0.3) is 0 Å². The van der Waals surface area contributed by atoms with Crippen LogP contribution in [0.1, 0.15) is 6.92 Å². The van der Waals surface area contributed by atoms with Crippen LogP contribution < -0.4 is 26.4 Å². The van der Waals surface area contributed by atoms with Gasteiger partial charge in [0.25, 0.3) is 0 Å². The lowest BCUT2D eigenvalue weighted by atomic mass is 10.2. The van der Waals surface area contributed by atoms with Crippen molar-refractivity contribution in [3.63, 3.8) is 0 Å². The van der Waals surface area contributed by atoms with Gasteiger partial charge in [-0.15, -0.1) is 0 Å². The average molecular weight is 293 g/mol. The Labute approximate surface area is 125 Å². The van der Waals surface area contributed by atoms with Gasteiger partial charge in [-0.1, -0.05) is 6.58 Å². The maximum atomic E-state index is 11.4. The second kappa shape index (κ2) is 10.1. The van der Waals surface area contributed by atoms with Crippen LogP contribution in [0, 0.1) is 5.41 Å². The third-order valence-corrected chi connectivity index (χ3v) is 2.42. The van der Waals surface area contributed by atoms with Crippen molar-refractivity contribution >= 4 is 29.3 Å². The molecule has 116 valence electrons. The Morgan fingerprint density at radius 1 is 1.43 bits per heavy atom. The lowest BCUT2D eigenvalue weighted by molar-refractivity contribution is -0.111. The fraction of sp³-hybridized carbons (Fsp3) is 0.286. The Kier molecular flexibility index (Phi) is 8.83. The van der Waals surface area contributed by atoms with Crippen LogP contribution in [-0.4, -0.2) is 32.9 Å². The number of methoxy groups -OCH3 is 1. The SMILES string of the molecule is C=CC(=O)Nc1cc(NC)c(OC)cc1NCC.N=CN. The van der Waals surface area contributed by atoms with Crippen molar-refractivity contribution in [2.75, 3.05) is 36.7 Å². The molecule has 0 unspecified atom stereocenters. The second-order valence-corrected chi connectivity index (χ2v) is 3.74. The van der Waals surface area contributed by atoms with Crippen molar-refractivity contribution in [1.82, 2.24) is 0 Å². The van der Waals surface area contributed by atoms with Gasteiger partial charge in [0.05, 0.1) is 30.5 Å². The summed E-state index contributed by atoms with van der Waals surface area (Å²) in [5.41, 5.74) is 6.69. The van der Waals surface area contributed by atoms with Gasteiger partial charge in [-0.3, -0.25) is 10.2 Å². The molecule has 0 aromatic heterocycles. The summed E-state index contributed by atoms with van der Waals surface area (Å²) in [5.74, 6) is 0.464. The Hall–Kier alpha value is -2.70. The van der Waals surface area contributed by atoms with Gasteiger partial charge in [0.2, 0.25) is 5.91 Å². The van der Waals surface area contributed by atoms with Crippen LogP contribution in [0.5, 0.6) is 5.75 Å². The van der Waals surface area contributed by atoms with E-state index < -0.39 is 0 Å². The molecule has 0 fully saturated rings. The molecule has 21 heavy (non-hydrogen) atoms. The van der Waals surface area contributed by atoms with E-state index in [0.29, 0.717) is 11.4 Å². The first kappa shape index (κ1) is 18.3. The summed E-state index contributed by atoms with van der Waals surface area (Å²) in [6.45, 7) is 6.17. The third kappa shape index (κ3) is 5.85. The van der Waals surface area contributed by atoms with E-state index in [2.05, 4.69) is 28.3 Å². The van der Waals surface area contributed by atoms with Gasteiger partial charge in [0.1, 0.15) is 5.75 Å². The lowest BCUT2D eigenvalue weighted by Crippen LogP contribution is -2.11. The van der Waals surface area contributed by atoms with Crippen LogP contribution in [0.4, 0.5) is 17.1 Å². The molecule has 0 atom stereocenters. The van der Waals surface area contributed by atoms with E-state index in [1.165, 1.54) is 6.08 Å². The molecule has 0 saturated heterocycles. The number of rotatable bonds is 6. The number of nitrogens with two attached hydrogens (primary N) is 1. The summed E-state index contributed by atoms with van der Waals surface area (Å²) in [7, 11) is 3.40. The topological polar surface area (TPSA) is 112 Å². The number of carbonyl (C=O) groups excluding carboxylic acids is 1. The molecule has 1 aromatic rings. The average Bonchev–Trinajstić information content (AvgIpc) is 2.49. The largest absolute Gasteiger partial charge is 0.495 e. The van der Waals surface area contributed by atoms with Crippen molar-refractivity contribution in [1.29, 1.82) is 5.41 Å². The van der Waals surface area contributed by atoms with Gasteiger partial charge in [-0.25, -0.2) is 0 Å². The van der Waals surface area contributed by atoms with Crippen LogP contribution in [-0.2, 0) is 4.79 Å². The zero-order chi connectivity index (χ0) is 16.3. The molecular weight excluding hydrogens is 270 g/mol. The Morgan fingerprint density at radius 2 is 2.05 bits per heavy atom. The van der Waals surface area contributed by atoms with E-state index in [1.807, 2.05) is 19.1 Å². The molecule has 0 spiro atoms. The molecule has 7 nitrogen and oxygen atoms in total. The first-order valence-electron chi connectivity index (χ1n) is 6.35. The maximum absolute atomic E-state index is 11.4. The number of ether oxygens (including phenoxy) is 1. The normalized spacial score (nSPS) is 8.71. The van der Waals surface area contributed by atoms with Crippen LogP contribution in [0.15, 0.2) is 24.8 Å². The van der Waals surface area contributed by atoms with Gasteiger partial charge in [0, 0.05) is 19.7 Å². The van der Waals surface area contributed by atoms with E-state index in [9.17, 15) is 4.79 Å². The number of anilines is 3. The Balaban J connectivity index is 0.00000122. The number of amides is 1. The minimum atomic E-state index is -0.249. The zero-order valence-corrected chi connectivity index (χ0v) is 12.6. The third-order valence-electron chi connectivity index (χ3n) is 2.42. The standard InChI is InChI=1S/C13H19N3O2.CH4N2/c1-5-13(17)16-10-7-11(14-3)12(18-4)8-9(10)15-6-2;2-1-3/h5,7-8,14-15H,1,6H2,2-4H3,(H,16,17);1H,(H3,2,3). The Morgan fingerprint density at radius 3 is 2.48 bits per heavy atom. The number of nitrogens with one attached hydrogen (secondary N) is 4. The highest BCUT2D eigenvalue weighted by atomic mass is 16.5. The molecule has 0 aliphatic rings. The molecule has 7 heteroatoms. The molecule has 0 radical (unpaired) electrons. The quantitative estimate of drug-likeness (QED) is 0.312. The van der Waals surface area contributed by atoms with Crippen molar-refractivity contribution < 1.29 is 9.53 Å². The van der Waals surface area contributed by atoms with Crippen LogP contribution in [0.3, 0.4) is 0 Å². The fourth-order valence-electron chi connectivity index (χ4n) is 1.57. The van der Waals surface area contributed by atoms with E-state index >= 15 is 0 Å². The first-order valence-corrected chi connectivity index (χ1v) is 6.35. The first-order chi connectivity index (χ1) is 10.1. The summed E-state index contributed by atoms with van der Waals surface area (Å²) in [6, 6.07) is 3.66. The van der Waals surface area contributed by atoms with Crippen molar-refractivity contribution in [2.45, 2.75) is 6.92 Å². The van der Waals surface area contributed by atoms with Crippen molar-refractivity contribution in [3.05, 3.63) is 24.8 Å². The molecule has 0 aliphatic heterocycles. The Bertz CT molecular complexity index is 488. The number of hydrogen-bond acceptors (Lipinski definition) is 5. The van der Waals surface area contributed by atoms with Gasteiger partial charge in [0.15, 0.2) is 0 Å². The molecule has 1 amide bonds. The second-order valence-electron chi connectivity index (χ2n) is 3.74. The summed E-state index contributed by atoms with van der Waals surface area (Å²) in [5, 5.41) is 14.8. The fourth-order valence-corrected chi connectivity index (χ4v) is 1.57. The van der Waals surface area contributed by atoms with Crippen molar-refractivity contribution in [2.24, 2.45) is 5.73 Å². The van der Waals surface area contributed by atoms with E-state index in [-0.39, 0.29) is 5.91 Å². The smallest absolute Gasteiger partial charge is 0.247 e. The summed E-state index contributed by atoms with van der Waals surface area (Å²) in [4.78, 5) is 11.4. The molecular formula is C14H23N5O2. The van der Waals surface area contributed by atoms with Gasteiger partial charge in [-0.05, 0) is 19.1 Å². The van der Waals surface area contributed by atoms with Crippen LogP contribution in [0.2, 0.25) is 0 Å². The number of benzene rings is 1. The van der Waals surface area contributed by atoms with Gasteiger partial charge in [-0.2, -0.15) is 0 Å². The summed E-state index contributed by atoms with van der Waals surface area (Å²) >= 11 is 0. The van der Waals surface area contributed by atoms with E-state index in [1.54, 1.807) is 14.2 Å². The maximum Gasteiger partial charge on any atom is 0.247 e. The molecule has 1 rings (SSSR count). The summed E-state index contributed by atoms with van der Waals surface area (Å²) < 4.78 is 5.27. The highest BCUT2D eigenvalue weighted by Gasteiger charge is 2.10. The molecule has 1 aromatic carbocycles. The van der Waals surface area contributed by atoms with E-state index in [0.717, 1.165) is 24.3 Å². The molecule has 0 aliphatic carbocycles. The molecule has 0 saturated carbocycles. The highest BCUT2D eigenvalue weighted by molar-refractivity contribution is 6.02. The van der Waals surface area contributed by atoms with Crippen LogP contribution >= 0.6 is 0 Å². The van der Waals surface area contributed by atoms with Crippen molar-refractivity contribution in [3.8, 4) is 5.75 Å². The molecule has 0 heterocycles. The molecule has 6 N–H and O–H groups in total.